The van der Waals surface area contributed by atoms with Crippen LogP contribution in [-0.4, -0.2) is 17.3 Å². The Bertz CT molecular complexity index is 102. The van der Waals surface area contributed by atoms with Crippen molar-refractivity contribution in [2.75, 3.05) is 0 Å². The first-order valence-electron chi connectivity index (χ1n) is 2.83. The van der Waals surface area contributed by atoms with E-state index in [1.54, 1.807) is 13.8 Å². The van der Waals surface area contributed by atoms with Gasteiger partial charge in [-0.3, -0.25) is 10.1 Å². The second-order valence-electron chi connectivity index (χ2n) is 2.07. The molecule has 0 fully saturated rings. The van der Waals surface area contributed by atoms with Crippen LogP contribution in [0.25, 0.3) is 0 Å². The van der Waals surface area contributed by atoms with E-state index < -0.39 is 11.2 Å². The van der Waals surface area contributed by atoms with E-state index in [2.05, 4.69) is 0 Å². The number of ether oxygens (including phenoxy) is 1. The molecule has 0 saturated carbocycles. The predicted octanol–water partition coefficient (Wildman–Crippen LogP) is 1.03. The van der Waals surface area contributed by atoms with Gasteiger partial charge in [0.25, 0.3) is 0 Å². The van der Waals surface area contributed by atoms with E-state index >= 15 is 0 Å². The summed E-state index contributed by atoms with van der Waals surface area (Å²) < 4.78 is 4.81. The SMILES string of the molecule is CC(C)OC(C)[N+](=O)[O-]. The minimum Gasteiger partial charge on any atom is -0.315 e. The Balaban J connectivity index is 3.50. The molecular weight excluding hydrogens is 122 g/mol. The molecule has 0 aliphatic rings. The van der Waals surface area contributed by atoms with Crippen LogP contribution >= 0.6 is 0 Å². The van der Waals surface area contributed by atoms with Crippen LogP contribution in [0.3, 0.4) is 0 Å². The number of hydrogen-bond acceptors (Lipinski definition) is 3. The maximum Gasteiger partial charge on any atom is 0.312 e. The highest BCUT2D eigenvalue weighted by Crippen LogP contribution is 1.96. The predicted molar refractivity (Wildman–Crippen MR) is 32.7 cm³/mol. The zero-order chi connectivity index (χ0) is 7.44. The molecule has 0 N–H and O–H groups in total. The first kappa shape index (κ1) is 8.36. The molecule has 0 aliphatic heterocycles. The Morgan fingerprint density at radius 1 is 1.44 bits per heavy atom. The Labute approximate surface area is 54.0 Å². The molecule has 0 aromatic carbocycles. The third kappa shape index (κ3) is 3.90. The van der Waals surface area contributed by atoms with E-state index in [1.807, 2.05) is 0 Å². The number of hydrogen-bond donors (Lipinski definition) is 0. The second-order valence-corrected chi connectivity index (χ2v) is 2.07. The zero-order valence-electron chi connectivity index (χ0n) is 5.83. The maximum absolute atomic E-state index is 9.92. The quantitative estimate of drug-likeness (QED) is 0.328. The molecule has 0 radical (unpaired) electrons. The van der Waals surface area contributed by atoms with Crippen molar-refractivity contribution >= 4 is 0 Å². The van der Waals surface area contributed by atoms with Crippen LogP contribution in [0.2, 0.25) is 0 Å². The highest BCUT2D eigenvalue weighted by molar-refractivity contribution is 4.36. The van der Waals surface area contributed by atoms with Crippen molar-refractivity contribution in [3.8, 4) is 0 Å². The van der Waals surface area contributed by atoms with Gasteiger partial charge in [-0.25, -0.2) is 0 Å². The topological polar surface area (TPSA) is 52.4 Å². The van der Waals surface area contributed by atoms with Crippen molar-refractivity contribution in [3.63, 3.8) is 0 Å². The van der Waals surface area contributed by atoms with Crippen molar-refractivity contribution < 1.29 is 9.66 Å². The minimum absolute atomic E-state index is 0.0783. The summed E-state index contributed by atoms with van der Waals surface area (Å²) in [6.07, 6.45) is -0.963. The van der Waals surface area contributed by atoms with Crippen LogP contribution in [0.5, 0.6) is 0 Å². The fourth-order valence-corrected chi connectivity index (χ4v) is 0.444. The van der Waals surface area contributed by atoms with Crippen molar-refractivity contribution in [1.29, 1.82) is 0 Å². The summed E-state index contributed by atoms with van der Waals surface area (Å²) >= 11 is 0. The summed E-state index contributed by atoms with van der Waals surface area (Å²) in [6, 6.07) is 0. The van der Waals surface area contributed by atoms with Gasteiger partial charge in [0.1, 0.15) is 0 Å². The largest absolute Gasteiger partial charge is 0.315 e. The molecule has 0 bridgehead atoms. The third-order valence-electron chi connectivity index (χ3n) is 0.766. The Hall–Kier alpha value is -0.640. The summed E-state index contributed by atoms with van der Waals surface area (Å²) in [6.45, 7) is 4.94. The first-order valence-corrected chi connectivity index (χ1v) is 2.83. The van der Waals surface area contributed by atoms with Gasteiger partial charge in [-0.15, -0.1) is 0 Å². The fourth-order valence-electron chi connectivity index (χ4n) is 0.444. The molecule has 0 rings (SSSR count). The van der Waals surface area contributed by atoms with Crippen LogP contribution < -0.4 is 0 Å². The molecule has 0 spiro atoms. The molecule has 0 amide bonds. The monoisotopic (exact) mass is 133 g/mol. The standard InChI is InChI=1S/C5H11NO3/c1-4(2)9-5(3)6(7)8/h4-5H,1-3H3. The van der Waals surface area contributed by atoms with Gasteiger partial charge in [0.15, 0.2) is 0 Å². The highest BCUT2D eigenvalue weighted by atomic mass is 16.7. The highest BCUT2D eigenvalue weighted by Gasteiger charge is 2.13. The Morgan fingerprint density at radius 2 is 1.89 bits per heavy atom. The van der Waals surface area contributed by atoms with Gasteiger partial charge in [-0.2, -0.15) is 0 Å². The second kappa shape index (κ2) is 3.40. The normalized spacial score (nSPS) is 13.8. The van der Waals surface area contributed by atoms with E-state index in [1.165, 1.54) is 6.92 Å². The molecule has 9 heavy (non-hydrogen) atoms. The van der Waals surface area contributed by atoms with Gasteiger partial charge in [0, 0.05) is 6.92 Å². The van der Waals surface area contributed by atoms with E-state index in [-0.39, 0.29) is 6.10 Å². The summed E-state index contributed by atoms with van der Waals surface area (Å²) in [5, 5.41) is 9.92. The molecule has 1 unspecified atom stereocenters. The molecule has 4 nitrogen and oxygen atoms in total. The van der Waals surface area contributed by atoms with Crippen molar-refractivity contribution in [2.24, 2.45) is 0 Å². The molecule has 54 valence electrons. The van der Waals surface area contributed by atoms with Crippen LogP contribution in [0.15, 0.2) is 0 Å². The van der Waals surface area contributed by atoms with Gasteiger partial charge >= 0.3 is 6.23 Å². The maximum atomic E-state index is 9.92. The lowest BCUT2D eigenvalue weighted by atomic mass is 10.5. The lowest BCUT2D eigenvalue weighted by molar-refractivity contribution is -0.574. The zero-order valence-corrected chi connectivity index (χ0v) is 5.83. The average molecular weight is 133 g/mol. The van der Waals surface area contributed by atoms with Crippen LogP contribution in [0.1, 0.15) is 20.8 Å². The number of nitro groups is 1. The van der Waals surface area contributed by atoms with Gasteiger partial charge in [-0.1, -0.05) is 0 Å². The summed E-state index contributed by atoms with van der Waals surface area (Å²) in [5.41, 5.74) is 0. The molecular formula is C5H11NO3. The van der Waals surface area contributed by atoms with Crippen molar-refractivity contribution in [2.45, 2.75) is 33.1 Å². The lowest BCUT2D eigenvalue weighted by Crippen LogP contribution is -2.22. The van der Waals surface area contributed by atoms with Crippen LogP contribution in [-0.2, 0) is 4.74 Å². The van der Waals surface area contributed by atoms with Gasteiger partial charge < -0.3 is 4.74 Å². The molecule has 0 aliphatic carbocycles. The lowest BCUT2D eigenvalue weighted by Gasteiger charge is -2.07. The third-order valence-corrected chi connectivity index (χ3v) is 0.766. The van der Waals surface area contributed by atoms with Crippen molar-refractivity contribution in [3.05, 3.63) is 10.1 Å². The number of nitrogens with zero attached hydrogens (tertiary/aromatic N) is 1. The molecule has 1 atom stereocenters. The van der Waals surface area contributed by atoms with E-state index in [4.69, 9.17) is 4.74 Å². The molecule has 0 heterocycles. The van der Waals surface area contributed by atoms with E-state index in [0.717, 1.165) is 0 Å². The summed E-state index contributed by atoms with van der Waals surface area (Å²) in [5.74, 6) is 0. The first-order chi connectivity index (χ1) is 4.04. The average Bonchev–Trinajstić information content (AvgIpc) is 1.63. The van der Waals surface area contributed by atoms with E-state index in [0.29, 0.717) is 0 Å². The van der Waals surface area contributed by atoms with E-state index in [9.17, 15) is 10.1 Å². The molecule has 0 aromatic heterocycles. The number of rotatable bonds is 3. The van der Waals surface area contributed by atoms with Crippen molar-refractivity contribution in [1.82, 2.24) is 0 Å². The van der Waals surface area contributed by atoms with Crippen LogP contribution in [0, 0.1) is 10.1 Å². The molecule has 0 saturated heterocycles. The smallest absolute Gasteiger partial charge is 0.312 e. The Kier molecular flexibility index (Phi) is 3.16. The fraction of sp³-hybridized carbons (Fsp3) is 1.00. The Morgan fingerprint density at radius 3 is 2.00 bits per heavy atom. The molecule has 4 heteroatoms. The van der Waals surface area contributed by atoms with Gasteiger partial charge in [0.2, 0.25) is 0 Å². The van der Waals surface area contributed by atoms with Crippen LogP contribution in [0.4, 0.5) is 0 Å². The van der Waals surface area contributed by atoms with Gasteiger partial charge in [-0.05, 0) is 13.8 Å². The summed E-state index contributed by atoms with van der Waals surface area (Å²) in [7, 11) is 0. The molecule has 0 aromatic rings. The summed E-state index contributed by atoms with van der Waals surface area (Å²) in [4.78, 5) is 9.46. The van der Waals surface area contributed by atoms with Gasteiger partial charge in [0.05, 0.1) is 11.0 Å². The minimum atomic E-state index is -0.884.